The van der Waals surface area contributed by atoms with Gasteiger partial charge in [-0.05, 0) is 19.3 Å². The lowest BCUT2D eigenvalue weighted by Gasteiger charge is -2.13. The maximum Gasteiger partial charge on any atom is 0.252 e. The van der Waals surface area contributed by atoms with Gasteiger partial charge in [0.05, 0.1) is 12.1 Å². The fourth-order valence-corrected chi connectivity index (χ4v) is 1.72. The Hall–Kier alpha value is -1.41. The van der Waals surface area contributed by atoms with Crippen LogP contribution in [0, 0.1) is 11.3 Å². The van der Waals surface area contributed by atoms with E-state index in [9.17, 15) is 5.11 Å². The molecule has 1 aromatic heterocycles. The van der Waals surface area contributed by atoms with Crippen molar-refractivity contribution in [3.8, 4) is 6.07 Å². The second-order valence-corrected chi connectivity index (χ2v) is 3.23. The Morgan fingerprint density at radius 1 is 1.62 bits per heavy atom. The van der Waals surface area contributed by atoms with Crippen LogP contribution >= 0.6 is 0 Å². The first kappa shape index (κ1) is 8.20. The lowest BCUT2D eigenvalue weighted by Crippen LogP contribution is -2.18. The molecule has 0 aliphatic heterocycles. The molecule has 2 atom stereocenters. The van der Waals surface area contributed by atoms with Gasteiger partial charge in [0.1, 0.15) is 12.4 Å². The summed E-state index contributed by atoms with van der Waals surface area (Å²) >= 11 is 0. The van der Waals surface area contributed by atoms with Gasteiger partial charge in [0, 0.05) is 0 Å². The van der Waals surface area contributed by atoms with Gasteiger partial charge < -0.3 is 5.11 Å². The van der Waals surface area contributed by atoms with E-state index in [-0.39, 0.29) is 18.0 Å². The molecule has 0 aromatic carbocycles. The molecule has 68 valence electrons. The van der Waals surface area contributed by atoms with Crippen LogP contribution in [-0.4, -0.2) is 26.0 Å². The van der Waals surface area contributed by atoms with Crippen LogP contribution in [0.3, 0.4) is 0 Å². The van der Waals surface area contributed by atoms with E-state index in [2.05, 4.69) is 10.1 Å². The van der Waals surface area contributed by atoms with E-state index in [1.54, 1.807) is 4.68 Å². The Labute approximate surface area is 75.6 Å². The highest BCUT2D eigenvalue weighted by Gasteiger charge is 2.27. The number of hydrogen-bond acceptors (Lipinski definition) is 4. The predicted octanol–water partition coefficient (Wildman–Crippen LogP) is 0.236. The van der Waals surface area contributed by atoms with Crippen LogP contribution in [0.25, 0.3) is 0 Å². The Morgan fingerprint density at radius 3 is 3.00 bits per heavy atom. The van der Waals surface area contributed by atoms with E-state index < -0.39 is 0 Å². The van der Waals surface area contributed by atoms with Crippen molar-refractivity contribution < 1.29 is 5.11 Å². The van der Waals surface area contributed by atoms with E-state index in [0.29, 0.717) is 0 Å². The monoisotopic (exact) mass is 178 g/mol. The van der Waals surface area contributed by atoms with Crippen molar-refractivity contribution in [1.29, 1.82) is 5.26 Å². The van der Waals surface area contributed by atoms with Gasteiger partial charge in [-0.2, -0.15) is 5.26 Å². The lowest BCUT2D eigenvalue weighted by molar-refractivity contribution is 0.130. The number of aliphatic hydroxyl groups is 1. The smallest absolute Gasteiger partial charge is 0.252 e. The average Bonchev–Trinajstić information content (AvgIpc) is 2.71. The van der Waals surface area contributed by atoms with E-state index in [1.165, 1.54) is 6.33 Å². The van der Waals surface area contributed by atoms with Crippen LogP contribution in [0.1, 0.15) is 31.1 Å². The SMILES string of the molecule is N#Cc1ncn([C@@H]2CCC[C@H]2O)n1. The Morgan fingerprint density at radius 2 is 2.46 bits per heavy atom. The van der Waals surface area contributed by atoms with Crippen LogP contribution < -0.4 is 0 Å². The van der Waals surface area contributed by atoms with Crippen molar-refractivity contribution in [2.75, 3.05) is 0 Å². The van der Waals surface area contributed by atoms with Gasteiger partial charge in [0.25, 0.3) is 5.82 Å². The molecule has 0 bridgehead atoms. The molecule has 1 fully saturated rings. The standard InChI is InChI=1S/C8H10N4O/c9-4-8-10-5-12(11-8)6-2-1-3-7(6)13/h5-7,13H,1-3H2/t6-,7-/m1/s1. The van der Waals surface area contributed by atoms with Crippen LogP contribution in [0.4, 0.5) is 0 Å². The van der Waals surface area contributed by atoms with Gasteiger partial charge in [-0.15, -0.1) is 5.10 Å². The van der Waals surface area contributed by atoms with Crippen molar-refractivity contribution in [2.24, 2.45) is 0 Å². The summed E-state index contributed by atoms with van der Waals surface area (Å²) in [5, 5.41) is 22.0. The number of rotatable bonds is 1. The van der Waals surface area contributed by atoms with E-state index in [4.69, 9.17) is 5.26 Å². The van der Waals surface area contributed by atoms with Gasteiger partial charge >= 0.3 is 0 Å². The quantitative estimate of drug-likeness (QED) is 0.668. The maximum atomic E-state index is 9.55. The molecule has 0 unspecified atom stereocenters. The van der Waals surface area contributed by atoms with Crippen molar-refractivity contribution in [3.63, 3.8) is 0 Å². The zero-order chi connectivity index (χ0) is 9.26. The molecule has 1 N–H and O–H groups in total. The second kappa shape index (κ2) is 3.15. The number of hydrogen-bond donors (Lipinski definition) is 1. The van der Waals surface area contributed by atoms with Crippen molar-refractivity contribution in [3.05, 3.63) is 12.2 Å². The van der Waals surface area contributed by atoms with Gasteiger partial charge in [-0.25, -0.2) is 9.67 Å². The summed E-state index contributed by atoms with van der Waals surface area (Å²) in [6.07, 6.45) is 3.90. The molecule has 2 rings (SSSR count). The molecule has 0 amide bonds. The van der Waals surface area contributed by atoms with Gasteiger partial charge in [-0.1, -0.05) is 0 Å². The maximum absolute atomic E-state index is 9.55. The molecule has 1 aromatic rings. The number of aromatic nitrogens is 3. The van der Waals surface area contributed by atoms with E-state index in [1.807, 2.05) is 6.07 Å². The minimum absolute atomic E-state index is 0.00889. The molecule has 1 aliphatic carbocycles. The fourth-order valence-electron chi connectivity index (χ4n) is 1.72. The van der Waals surface area contributed by atoms with Gasteiger partial charge in [0.15, 0.2) is 0 Å². The Kier molecular flexibility index (Phi) is 1.99. The molecule has 5 heteroatoms. The number of aliphatic hydroxyl groups excluding tert-OH is 1. The van der Waals surface area contributed by atoms with Crippen LogP contribution in [0.15, 0.2) is 6.33 Å². The Bertz CT molecular complexity index is 340. The molecule has 5 nitrogen and oxygen atoms in total. The molecule has 1 aliphatic rings. The fraction of sp³-hybridized carbons (Fsp3) is 0.625. The van der Waals surface area contributed by atoms with Gasteiger partial charge in [0.2, 0.25) is 0 Å². The molecule has 0 saturated heterocycles. The van der Waals surface area contributed by atoms with Gasteiger partial charge in [-0.3, -0.25) is 0 Å². The third kappa shape index (κ3) is 1.40. The van der Waals surface area contributed by atoms with Crippen molar-refractivity contribution >= 4 is 0 Å². The first-order chi connectivity index (χ1) is 6.31. The second-order valence-electron chi connectivity index (χ2n) is 3.23. The van der Waals surface area contributed by atoms with Crippen LogP contribution in [-0.2, 0) is 0 Å². The minimum Gasteiger partial charge on any atom is -0.391 e. The molecule has 13 heavy (non-hydrogen) atoms. The third-order valence-electron chi connectivity index (χ3n) is 2.39. The molecule has 1 heterocycles. The summed E-state index contributed by atoms with van der Waals surface area (Å²) in [7, 11) is 0. The summed E-state index contributed by atoms with van der Waals surface area (Å²) < 4.78 is 1.59. The van der Waals surface area contributed by atoms with Crippen LogP contribution in [0.5, 0.6) is 0 Å². The lowest BCUT2D eigenvalue weighted by atomic mass is 10.2. The molecule has 0 radical (unpaired) electrons. The van der Waals surface area contributed by atoms with Crippen LogP contribution in [0.2, 0.25) is 0 Å². The van der Waals surface area contributed by atoms with E-state index in [0.717, 1.165) is 19.3 Å². The molecular formula is C8H10N4O. The normalized spacial score (nSPS) is 27.4. The summed E-state index contributed by atoms with van der Waals surface area (Å²) in [6, 6.07) is 1.87. The number of nitriles is 1. The highest BCUT2D eigenvalue weighted by atomic mass is 16.3. The highest BCUT2D eigenvalue weighted by Crippen LogP contribution is 2.28. The average molecular weight is 178 g/mol. The largest absolute Gasteiger partial charge is 0.391 e. The number of nitrogens with zero attached hydrogens (tertiary/aromatic N) is 4. The molecule has 0 spiro atoms. The predicted molar refractivity (Wildman–Crippen MR) is 43.6 cm³/mol. The van der Waals surface area contributed by atoms with Crippen molar-refractivity contribution in [1.82, 2.24) is 14.8 Å². The topological polar surface area (TPSA) is 74.7 Å². The third-order valence-corrected chi connectivity index (χ3v) is 2.39. The zero-order valence-electron chi connectivity index (χ0n) is 7.09. The van der Waals surface area contributed by atoms with E-state index >= 15 is 0 Å². The molecular weight excluding hydrogens is 168 g/mol. The summed E-state index contributed by atoms with van der Waals surface area (Å²) in [6.45, 7) is 0. The Balaban J connectivity index is 2.21. The first-order valence-electron chi connectivity index (χ1n) is 4.30. The zero-order valence-corrected chi connectivity index (χ0v) is 7.09. The highest BCUT2D eigenvalue weighted by molar-refractivity contribution is 5.06. The van der Waals surface area contributed by atoms with Crippen molar-refractivity contribution in [2.45, 2.75) is 31.4 Å². The summed E-state index contributed by atoms with van der Waals surface area (Å²) in [5.74, 6) is 0.166. The molecule has 1 saturated carbocycles. The minimum atomic E-state index is -0.340. The summed E-state index contributed by atoms with van der Waals surface area (Å²) in [5.41, 5.74) is 0. The first-order valence-corrected chi connectivity index (χ1v) is 4.30. The summed E-state index contributed by atoms with van der Waals surface area (Å²) in [4.78, 5) is 3.79.